The molecule has 2 heterocycles. The molecule has 1 aliphatic heterocycles. The maximum Gasteiger partial charge on any atom is 0.0213 e. The molecule has 1 aromatic heterocycles. The molecule has 1 aromatic rings. The average Bonchev–Trinajstić information content (AvgIpc) is 2.83. The zero-order valence-corrected chi connectivity index (χ0v) is 10.7. The third-order valence-corrected chi connectivity index (χ3v) is 4.01. The largest absolute Gasteiger partial charge is 0.316 e. The van der Waals surface area contributed by atoms with E-state index in [4.69, 9.17) is 0 Å². The number of piperidine rings is 1. The number of thiophene rings is 1. The quantitative estimate of drug-likeness (QED) is 0.745. The molecular weight excluding hydrogens is 216 g/mol. The van der Waals surface area contributed by atoms with Crippen molar-refractivity contribution < 1.29 is 0 Å². The van der Waals surface area contributed by atoms with E-state index in [2.05, 4.69) is 27.5 Å². The van der Waals surface area contributed by atoms with Crippen LogP contribution in [0.3, 0.4) is 0 Å². The summed E-state index contributed by atoms with van der Waals surface area (Å²) in [6, 6.07) is 2.20. The highest BCUT2D eigenvalue weighted by Gasteiger charge is 2.11. The van der Waals surface area contributed by atoms with Crippen molar-refractivity contribution in [1.29, 1.82) is 0 Å². The van der Waals surface area contributed by atoms with Crippen LogP contribution >= 0.6 is 11.3 Å². The molecule has 1 aliphatic rings. The first-order valence-electron chi connectivity index (χ1n) is 6.37. The van der Waals surface area contributed by atoms with E-state index >= 15 is 0 Å². The third kappa shape index (κ3) is 4.24. The van der Waals surface area contributed by atoms with Crippen molar-refractivity contribution in [1.82, 2.24) is 10.6 Å². The summed E-state index contributed by atoms with van der Waals surface area (Å²) < 4.78 is 0. The van der Waals surface area contributed by atoms with E-state index in [9.17, 15) is 0 Å². The lowest BCUT2D eigenvalue weighted by Gasteiger charge is -2.22. The Kier molecular flexibility index (Phi) is 5.32. The summed E-state index contributed by atoms with van der Waals surface area (Å²) in [5.74, 6) is 0.927. The van der Waals surface area contributed by atoms with E-state index in [0.29, 0.717) is 0 Å². The van der Waals surface area contributed by atoms with Crippen LogP contribution in [-0.4, -0.2) is 19.6 Å². The van der Waals surface area contributed by atoms with E-state index < -0.39 is 0 Å². The third-order valence-electron chi connectivity index (χ3n) is 3.27. The Hall–Kier alpha value is -0.380. The van der Waals surface area contributed by atoms with Crippen LogP contribution in [0, 0.1) is 5.92 Å². The summed E-state index contributed by atoms with van der Waals surface area (Å²) in [4.78, 5) is 0. The fourth-order valence-electron chi connectivity index (χ4n) is 2.31. The summed E-state index contributed by atoms with van der Waals surface area (Å²) in [5, 5.41) is 11.4. The van der Waals surface area contributed by atoms with Crippen molar-refractivity contribution in [2.75, 3.05) is 19.6 Å². The molecule has 0 saturated carbocycles. The first-order chi connectivity index (χ1) is 7.95. The zero-order valence-electron chi connectivity index (χ0n) is 9.87. The van der Waals surface area contributed by atoms with E-state index in [1.165, 1.54) is 44.3 Å². The van der Waals surface area contributed by atoms with Gasteiger partial charge in [0, 0.05) is 6.54 Å². The van der Waals surface area contributed by atoms with Gasteiger partial charge in [0.1, 0.15) is 0 Å². The smallest absolute Gasteiger partial charge is 0.0213 e. The van der Waals surface area contributed by atoms with Crippen LogP contribution in [0.1, 0.15) is 31.2 Å². The molecule has 0 aliphatic carbocycles. The van der Waals surface area contributed by atoms with Crippen LogP contribution in [0.25, 0.3) is 0 Å². The van der Waals surface area contributed by atoms with Crippen molar-refractivity contribution in [3.05, 3.63) is 22.4 Å². The standard InChI is InChI=1S/C13H22N2S/c1-3-12(9-14-6-1)4-2-7-15-10-13-5-8-16-11-13/h5,8,11-12,14-15H,1-4,6-7,9-10H2. The lowest BCUT2D eigenvalue weighted by molar-refractivity contribution is 0.348. The van der Waals surface area contributed by atoms with Crippen molar-refractivity contribution in [2.24, 2.45) is 5.92 Å². The van der Waals surface area contributed by atoms with Crippen LogP contribution in [0.4, 0.5) is 0 Å². The predicted molar refractivity (Wildman–Crippen MR) is 70.9 cm³/mol. The second kappa shape index (κ2) is 7.05. The molecule has 0 amide bonds. The molecule has 0 spiro atoms. The van der Waals surface area contributed by atoms with Gasteiger partial charge in [-0.15, -0.1) is 0 Å². The monoisotopic (exact) mass is 238 g/mol. The molecule has 1 atom stereocenters. The first kappa shape index (κ1) is 12.1. The molecule has 0 aromatic carbocycles. The SMILES string of the molecule is c1cc(CNCCCC2CCCNC2)cs1. The molecule has 0 radical (unpaired) electrons. The van der Waals surface area contributed by atoms with Crippen LogP contribution in [0.2, 0.25) is 0 Å². The van der Waals surface area contributed by atoms with Gasteiger partial charge >= 0.3 is 0 Å². The van der Waals surface area contributed by atoms with E-state index in [1.807, 2.05) is 0 Å². The van der Waals surface area contributed by atoms with Crippen molar-refractivity contribution in [3.63, 3.8) is 0 Å². The maximum atomic E-state index is 3.51. The molecule has 1 saturated heterocycles. The number of hydrogen-bond donors (Lipinski definition) is 2. The lowest BCUT2D eigenvalue weighted by atomic mass is 9.95. The Balaban J connectivity index is 1.48. The predicted octanol–water partition coefficient (Wildman–Crippen LogP) is 2.62. The van der Waals surface area contributed by atoms with E-state index in [-0.39, 0.29) is 0 Å². The van der Waals surface area contributed by atoms with Gasteiger partial charge in [0.25, 0.3) is 0 Å². The van der Waals surface area contributed by atoms with E-state index in [1.54, 1.807) is 11.3 Å². The minimum Gasteiger partial charge on any atom is -0.316 e. The molecule has 2 rings (SSSR count). The van der Waals surface area contributed by atoms with Crippen LogP contribution in [-0.2, 0) is 6.54 Å². The molecular formula is C13H22N2S. The highest BCUT2D eigenvalue weighted by atomic mass is 32.1. The molecule has 3 heteroatoms. The van der Waals surface area contributed by atoms with Crippen LogP contribution in [0.5, 0.6) is 0 Å². The summed E-state index contributed by atoms with van der Waals surface area (Å²) in [6.07, 6.45) is 5.49. The first-order valence-corrected chi connectivity index (χ1v) is 7.32. The highest BCUT2D eigenvalue weighted by molar-refractivity contribution is 7.07. The second-order valence-corrected chi connectivity index (χ2v) is 5.44. The fourth-order valence-corrected chi connectivity index (χ4v) is 2.98. The van der Waals surface area contributed by atoms with Gasteiger partial charge in [-0.05, 0) is 73.6 Å². The van der Waals surface area contributed by atoms with Crippen LogP contribution in [0.15, 0.2) is 16.8 Å². The van der Waals surface area contributed by atoms with Crippen LogP contribution < -0.4 is 10.6 Å². The molecule has 16 heavy (non-hydrogen) atoms. The number of rotatable bonds is 6. The maximum absolute atomic E-state index is 3.51. The van der Waals surface area contributed by atoms with Gasteiger partial charge in [0.15, 0.2) is 0 Å². The zero-order chi connectivity index (χ0) is 11.1. The number of hydrogen-bond acceptors (Lipinski definition) is 3. The summed E-state index contributed by atoms with van der Waals surface area (Å²) in [6.45, 7) is 4.66. The molecule has 0 bridgehead atoms. The van der Waals surface area contributed by atoms with Gasteiger partial charge in [0.2, 0.25) is 0 Å². The molecule has 2 nitrogen and oxygen atoms in total. The van der Waals surface area contributed by atoms with Gasteiger partial charge in [-0.25, -0.2) is 0 Å². The second-order valence-electron chi connectivity index (χ2n) is 4.66. The Bertz CT molecular complexity index is 265. The number of nitrogens with one attached hydrogen (secondary N) is 2. The minimum atomic E-state index is 0.927. The van der Waals surface area contributed by atoms with Gasteiger partial charge in [-0.2, -0.15) is 11.3 Å². The molecule has 1 unspecified atom stereocenters. The summed E-state index contributed by atoms with van der Waals surface area (Å²) >= 11 is 1.78. The van der Waals surface area contributed by atoms with E-state index in [0.717, 1.165) is 19.0 Å². The minimum absolute atomic E-state index is 0.927. The topological polar surface area (TPSA) is 24.1 Å². The van der Waals surface area contributed by atoms with Gasteiger partial charge in [-0.1, -0.05) is 0 Å². The average molecular weight is 238 g/mol. The summed E-state index contributed by atoms with van der Waals surface area (Å²) in [5.41, 5.74) is 1.42. The highest BCUT2D eigenvalue weighted by Crippen LogP contribution is 2.15. The van der Waals surface area contributed by atoms with Crippen molar-refractivity contribution in [2.45, 2.75) is 32.2 Å². The Morgan fingerprint density at radius 2 is 2.50 bits per heavy atom. The van der Waals surface area contributed by atoms with Crippen molar-refractivity contribution in [3.8, 4) is 0 Å². The Morgan fingerprint density at radius 3 is 3.25 bits per heavy atom. The molecule has 90 valence electrons. The van der Waals surface area contributed by atoms with Gasteiger partial charge in [-0.3, -0.25) is 0 Å². The normalized spacial score (nSPS) is 21.1. The lowest BCUT2D eigenvalue weighted by Crippen LogP contribution is -2.30. The molecule has 1 fully saturated rings. The Morgan fingerprint density at radius 1 is 1.50 bits per heavy atom. The van der Waals surface area contributed by atoms with Gasteiger partial charge in [0.05, 0.1) is 0 Å². The fraction of sp³-hybridized carbons (Fsp3) is 0.692. The molecule has 2 N–H and O–H groups in total. The van der Waals surface area contributed by atoms with Gasteiger partial charge < -0.3 is 10.6 Å². The summed E-state index contributed by atoms with van der Waals surface area (Å²) in [7, 11) is 0. The Labute approximate surface area is 102 Å². The van der Waals surface area contributed by atoms with Crippen molar-refractivity contribution >= 4 is 11.3 Å².